The first kappa shape index (κ1) is 14.5. The predicted octanol–water partition coefficient (Wildman–Crippen LogP) is 2.24. The summed E-state index contributed by atoms with van der Waals surface area (Å²) >= 11 is 0. The monoisotopic (exact) mass is 298 g/mol. The van der Waals surface area contributed by atoms with Crippen molar-refractivity contribution < 1.29 is 14.7 Å². The zero-order valence-corrected chi connectivity index (χ0v) is 12.2. The molecule has 2 aromatic rings. The fourth-order valence-corrected chi connectivity index (χ4v) is 3.06. The van der Waals surface area contributed by atoms with Crippen LogP contribution in [0.3, 0.4) is 0 Å². The summed E-state index contributed by atoms with van der Waals surface area (Å²) in [6, 6.07) is 8.86. The third-order valence-corrected chi connectivity index (χ3v) is 4.17. The first-order valence-corrected chi connectivity index (χ1v) is 7.52. The number of aliphatic carboxylic acids is 1. The summed E-state index contributed by atoms with van der Waals surface area (Å²) in [5, 5.41) is 10.3. The van der Waals surface area contributed by atoms with Gasteiger partial charge in [-0.25, -0.2) is 4.79 Å². The number of hydrogen-bond acceptors (Lipinski definition) is 3. The highest BCUT2D eigenvalue weighted by Crippen LogP contribution is 2.21. The van der Waals surface area contributed by atoms with Crippen molar-refractivity contribution in [1.82, 2.24) is 9.88 Å². The fourth-order valence-electron chi connectivity index (χ4n) is 3.06. The Balaban J connectivity index is 1.85. The summed E-state index contributed by atoms with van der Waals surface area (Å²) < 4.78 is 0. The SMILES string of the molecule is O=C(O)[C@H]1CCCCN1C(=O)Cc1cccc2cccnc12. The number of fused-ring (bicyclic) bond motifs is 1. The first-order chi connectivity index (χ1) is 10.7. The van der Waals surface area contributed by atoms with E-state index in [2.05, 4.69) is 4.98 Å². The van der Waals surface area contributed by atoms with E-state index in [9.17, 15) is 14.7 Å². The van der Waals surface area contributed by atoms with Gasteiger partial charge in [0.15, 0.2) is 0 Å². The van der Waals surface area contributed by atoms with Crippen LogP contribution in [-0.4, -0.2) is 39.5 Å². The minimum atomic E-state index is -0.913. The molecule has 1 saturated heterocycles. The summed E-state index contributed by atoms with van der Waals surface area (Å²) in [5.74, 6) is -1.05. The Kier molecular flexibility index (Phi) is 4.04. The van der Waals surface area contributed by atoms with Gasteiger partial charge in [0.05, 0.1) is 11.9 Å². The van der Waals surface area contributed by atoms with Gasteiger partial charge < -0.3 is 10.0 Å². The molecule has 1 aromatic carbocycles. The molecule has 114 valence electrons. The van der Waals surface area contributed by atoms with Gasteiger partial charge in [-0.3, -0.25) is 9.78 Å². The summed E-state index contributed by atoms with van der Waals surface area (Å²) in [5.41, 5.74) is 1.65. The van der Waals surface area contributed by atoms with Gasteiger partial charge in [0.25, 0.3) is 0 Å². The number of carboxylic acid groups (broad SMARTS) is 1. The normalized spacial score (nSPS) is 18.4. The topological polar surface area (TPSA) is 70.5 Å². The van der Waals surface area contributed by atoms with Crippen molar-refractivity contribution in [1.29, 1.82) is 0 Å². The van der Waals surface area contributed by atoms with E-state index in [0.717, 1.165) is 29.3 Å². The molecule has 0 bridgehead atoms. The van der Waals surface area contributed by atoms with Gasteiger partial charge in [0.1, 0.15) is 6.04 Å². The molecule has 1 atom stereocenters. The molecule has 1 N–H and O–H groups in total. The Morgan fingerprint density at radius 1 is 1.23 bits per heavy atom. The van der Waals surface area contributed by atoms with Crippen molar-refractivity contribution in [3.8, 4) is 0 Å². The van der Waals surface area contributed by atoms with Crippen molar-refractivity contribution in [2.45, 2.75) is 31.7 Å². The van der Waals surface area contributed by atoms with Crippen molar-refractivity contribution >= 4 is 22.8 Å². The van der Waals surface area contributed by atoms with Gasteiger partial charge in [0, 0.05) is 18.1 Å². The lowest BCUT2D eigenvalue weighted by atomic mass is 10.00. The first-order valence-electron chi connectivity index (χ1n) is 7.52. The van der Waals surface area contributed by atoms with E-state index in [1.807, 2.05) is 30.3 Å². The Bertz CT molecular complexity index is 709. The Hall–Kier alpha value is -2.43. The molecular weight excluding hydrogens is 280 g/mol. The number of amides is 1. The number of para-hydroxylation sites is 1. The molecule has 22 heavy (non-hydrogen) atoms. The maximum Gasteiger partial charge on any atom is 0.326 e. The number of likely N-dealkylation sites (tertiary alicyclic amines) is 1. The Morgan fingerprint density at radius 2 is 2.05 bits per heavy atom. The molecule has 1 aliphatic rings. The summed E-state index contributed by atoms with van der Waals surface area (Å²) in [4.78, 5) is 29.7. The number of rotatable bonds is 3. The maximum absolute atomic E-state index is 12.6. The predicted molar refractivity (Wildman–Crippen MR) is 82.4 cm³/mol. The molecule has 5 heteroatoms. The summed E-state index contributed by atoms with van der Waals surface area (Å²) in [6.45, 7) is 0.522. The molecule has 0 saturated carbocycles. The molecule has 0 aliphatic carbocycles. The van der Waals surface area contributed by atoms with Crippen LogP contribution in [0.4, 0.5) is 0 Å². The van der Waals surface area contributed by atoms with Crippen LogP contribution in [0.25, 0.3) is 10.9 Å². The zero-order valence-electron chi connectivity index (χ0n) is 12.2. The fraction of sp³-hybridized carbons (Fsp3) is 0.353. The second kappa shape index (κ2) is 6.13. The minimum Gasteiger partial charge on any atom is -0.480 e. The number of benzene rings is 1. The molecule has 0 unspecified atom stereocenters. The number of aromatic nitrogens is 1. The van der Waals surface area contributed by atoms with Crippen LogP contribution in [0.2, 0.25) is 0 Å². The number of pyridine rings is 1. The van der Waals surface area contributed by atoms with Crippen LogP contribution >= 0.6 is 0 Å². The van der Waals surface area contributed by atoms with Crippen molar-refractivity contribution in [2.24, 2.45) is 0 Å². The number of carbonyl (C=O) groups is 2. The highest BCUT2D eigenvalue weighted by Gasteiger charge is 2.31. The maximum atomic E-state index is 12.6. The van der Waals surface area contributed by atoms with E-state index < -0.39 is 12.0 Å². The molecule has 5 nitrogen and oxygen atoms in total. The summed E-state index contributed by atoms with van der Waals surface area (Å²) in [7, 11) is 0. The highest BCUT2D eigenvalue weighted by atomic mass is 16.4. The molecule has 2 heterocycles. The molecule has 1 amide bonds. The lowest BCUT2D eigenvalue weighted by molar-refractivity contribution is -0.151. The van der Waals surface area contributed by atoms with Crippen LogP contribution < -0.4 is 0 Å². The van der Waals surface area contributed by atoms with Crippen molar-refractivity contribution in [3.05, 3.63) is 42.1 Å². The standard InChI is InChI=1S/C17H18N2O3/c20-15(19-10-2-1-8-14(19)17(21)22)11-13-6-3-5-12-7-4-9-18-16(12)13/h3-7,9,14H,1-2,8,10-11H2,(H,21,22)/t14-/m1/s1. The smallest absolute Gasteiger partial charge is 0.326 e. The van der Waals surface area contributed by atoms with Gasteiger partial charge in [0.2, 0.25) is 5.91 Å². The Morgan fingerprint density at radius 3 is 2.86 bits per heavy atom. The third-order valence-electron chi connectivity index (χ3n) is 4.17. The Labute approximate surface area is 128 Å². The minimum absolute atomic E-state index is 0.134. The van der Waals surface area contributed by atoms with Crippen LogP contribution in [0.5, 0.6) is 0 Å². The summed E-state index contributed by atoms with van der Waals surface area (Å²) in [6.07, 6.45) is 4.16. The number of hydrogen-bond donors (Lipinski definition) is 1. The molecule has 3 rings (SSSR count). The largest absolute Gasteiger partial charge is 0.480 e. The number of nitrogens with zero attached hydrogens (tertiary/aromatic N) is 2. The van der Waals surface area contributed by atoms with Gasteiger partial charge in [-0.05, 0) is 30.9 Å². The van der Waals surface area contributed by atoms with Crippen LogP contribution in [0, 0.1) is 0 Å². The number of piperidine rings is 1. The van der Waals surface area contributed by atoms with Gasteiger partial charge in [-0.2, -0.15) is 0 Å². The van der Waals surface area contributed by atoms with Gasteiger partial charge in [-0.15, -0.1) is 0 Å². The molecule has 0 spiro atoms. The van der Waals surface area contributed by atoms with E-state index >= 15 is 0 Å². The molecule has 1 fully saturated rings. The number of carboxylic acids is 1. The molecular formula is C17H18N2O3. The molecule has 0 radical (unpaired) electrons. The lowest BCUT2D eigenvalue weighted by Crippen LogP contribution is -2.48. The van der Waals surface area contributed by atoms with Crippen LogP contribution in [0.1, 0.15) is 24.8 Å². The molecule has 1 aliphatic heterocycles. The van der Waals surface area contributed by atoms with Crippen molar-refractivity contribution in [3.63, 3.8) is 0 Å². The second-order valence-electron chi connectivity index (χ2n) is 5.61. The zero-order chi connectivity index (χ0) is 15.5. The van der Waals surface area contributed by atoms with Crippen LogP contribution in [-0.2, 0) is 16.0 Å². The van der Waals surface area contributed by atoms with E-state index in [1.165, 1.54) is 4.90 Å². The quantitative estimate of drug-likeness (QED) is 0.943. The average molecular weight is 298 g/mol. The lowest BCUT2D eigenvalue weighted by Gasteiger charge is -2.33. The van der Waals surface area contributed by atoms with E-state index in [4.69, 9.17) is 0 Å². The second-order valence-corrected chi connectivity index (χ2v) is 5.61. The average Bonchev–Trinajstić information content (AvgIpc) is 2.55. The van der Waals surface area contributed by atoms with E-state index in [-0.39, 0.29) is 12.3 Å². The van der Waals surface area contributed by atoms with E-state index in [1.54, 1.807) is 6.20 Å². The third kappa shape index (κ3) is 2.79. The van der Waals surface area contributed by atoms with Crippen molar-refractivity contribution in [2.75, 3.05) is 6.54 Å². The van der Waals surface area contributed by atoms with Gasteiger partial charge >= 0.3 is 5.97 Å². The number of carbonyl (C=O) groups excluding carboxylic acids is 1. The van der Waals surface area contributed by atoms with Gasteiger partial charge in [-0.1, -0.05) is 24.3 Å². The molecule has 1 aromatic heterocycles. The highest BCUT2D eigenvalue weighted by molar-refractivity contribution is 5.89. The van der Waals surface area contributed by atoms with Crippen LogP contribution in [0.15, 0.2) is 36.5 Å². The van der Waals surface area contributed by atoms with E-state index in [0.29, 0.717) is 13.0 Å².